The second-order valence-electron chi connectivity index (χ2n) is 3.09. The zero-order valence-electron chi connectivity index (χ0n) is 7.53. The fourth-order valence-corrected chi connectivity index (χ4v) is 2.74. The van der Waals surface area contributed by atoms with Gasteiger partial charge in [-0.25, -0.2) is 0 Å². The van der Waals surface area contributed by atoms with Crippen molar-refractivity contribution in [3.63, 3.8) is 0 Å². The van der Waals surface area contributed by atoms with Crippen LogP contribution in [0, 0.1) is 0 Å². The number of nitrogens with two attached hydrogens (primary N) is 1. The summed E-state index contributed by atoms with van der Waals surface area (Å²) in [6, 6.07) is 8.32. The minimum Gasteiger partial charge on any atom is -0.320 e. The highest BCUT2D eigenvalue weighted by Crippen LogP contribution is 2.31. The lowest BCUT2D eigenvalue weighted by Gasteiger charge is -1.99. The molecule has 2 N–H and O–H groups in total. The van der Waals surface area contributed by atoms with Crippen molar-refractivity contribution >= 4 is 37.4 Å². The van der Waals surface area contributed by atoms with Crippen LogP contribution in [0.2, 0.25) is 0 Å². The predicted molar refractivity (Wildman–Crippen MR) is 66.7 cm³/mol. The molecule has 0 fully saturated rings. The Labute approximate surface area is 95.4 Å². The van der Waals surface area contributed by atoms with Gasteiger partial charge in [-0.1, -0.05) is 22.0 Å². The molecule has 14 heavy (non-hydrogen) atoms. The van der Waals surface area contributed by atoms with E-state index in [4.69, 9.17) is 5.73 Å². The Balaban J connectivity index is 2.56. The Bertz CT molecular complexity index is 475. The first-order valence-corrected chi connectivity index (χ1v) is 5.89. The van der Waals surface area contributed by atoms with Crippen molar-refractivity contribution in [2.45, 2.75) is 6.04 Å². The fraction of sp³-hybridized carbons (Fsp3) is 0.0909. The third-order valence-electron chi connectivity index (χ3n) is 2.08. The van der Waals surface area contributed by atoms with E-state index in [1.165, 1.54) is 10.1 Å². The molecule has 0 spiro atoms. The van der Waals surface area contributed by atoms with Gasteiger partial charge in [-0.05, 0) is 29.7 Å². The van der Waals surface area contributed by atoms with E-state index in [1.807, 2.05) is 6.07 Å². The SMILES string of the molecule is C=CC(N)c1cc2cc(Br)ccc2s1. The maximum Gasteiger partial charge on any atom is 0.0573 e. The van der Waals surface area contributed by atoms with Gasteiger partial charge in [-0.2, -0.15) is 0 Å². The summed E-state index contributed by atoms with van der Waals surface area (Å²) in [4.78, 5) is 1.16. The Morgan fingerprint density at radius 3 is 2.93 bits per heavy atom. The number of benzene rings is 1. The van der Waals surface area contributed by atoms with Crippen molar-refractivity contribution in [3.8, 4) is 0 Å². The Morgan fingerprint density at radius 2 is 2.21 bits per heavy atom. The number of rotatable bonds is 2. The van der Waals surface area contributed by atoms with Crippen LogP contribution in [0.1, 0.15) is 10.9 Å². The molecule has 2 aromatic rings. The first kappa shape index (κ1) is 9.90. The summed E-state index contributed by atoms with van der Waals surface area (Å²) in [7, 11) is 0. The average Bonchev–Trinajstić information content (AvgIpc) is 2.59. The smallest absolute Gasteiger partial charge is 0.0573 e. The second kappa shape index (κ2) is 3.85. The van der Waals surface area contributed by atoms with E-state index in [-0.39, 0.29) is 6.04 Å². The summed E-state index contributed by atoms with van der Waals surface area (Å²) in [5, 5.41) is 1.23. The topological polar surface area (TPSA) is 26.0 Å². The van der Waals surface area contributed by atoms with Gasteiger partial charge in [0.15, 0.2) is 0 Å². The maximum atomic E-state index is 5.88. The minimum atomic E-state index is -0.0498. The molecule has 1 unspecified atom stereocenters. The Morgan fingerprint density at radius 1 is 1.43 bits per heavy atom. The number of hydrogen-bond acceptors (Lipinski definition) is 2. The highest BCUT2D eigenvalue weighted by atomic mass is 79.9. The third kappa shape index (κ3) is 1.75. The minimum absolute atomic E-state index is 0.0498. The summed E-state index contributed by atoms with van der Waals surface area (Å²) < 4.78 is 2.36. The van der Waals surface area contributed by atoms with Crippen LogP contribution in [0.4, 0.5) is 0 Å². The van der Waals surface area contributed by atoms with E-state index in [1.54, 1.807) is 17.4 Å². The highest BCUT2D eigenvalue weighted by molar-refractivity contribution is 9.10. The molecule has 0 amide bonds. The van der Waals surface area contributed by atoms with E-state index in [2.05, 4.69) is 40.7 Å². The van der Waals surface area contributed by atoms with E-state index in [9.17, 15) is 0 Å². The first-order chi connectivity index (χ1) is 6.70. The summed E-state index contributed by atoms with van der Waals surface area (Å²) in [5.41, 5.74) is 5.88. The molecule has 0 aliphatic rings. The Hall–Kier alpha value is -0.640. The van der Waals surface area contributed by atoms with Gasteiger partial charge in [-0.15, -0.1) is 17.9 Å². The summed E-state index contributed by atoms with van der Waals surface area (Å²) >= 11 is 5.17. The molecule has 2 rings (SSSR count). The predicted octanol–water partition coefficient (Wildman–Crippen LogP) is 3.85. The standard InChI is InChI=1S/C11H10BrNS/c1-2-9(13)11-6-7-5-8(12)3-4-10(7)14-11/h2-6,9H,1,13H2. The third-order valence-corrected chi connectivity index (χ3v) is 3.79. The van der Waals surface area contributed by atoms with Crippen LogP contribution >= 0.6 is 27.3 Å². The van der Waals surface area contributed by atoms with Crippen LogP contribution in [0.3, 0.4) is 0 Å². The molecular weight excluding hydrogens is 258 g/mol. The zero-order chi connectivity index (χ0) is 10.1. The molecule has 1 nitrogen and oxygen atoms in total. The van der Waals surface area contributed by atoms with Crippen LogP contribution in [0.15, 0.2) is 41.4 Å². The summed E-state index contributed by atoms with van der Waals surface area (Å²) in [6.45, 7) is 3.70. The lowest BCUT2D eigenvalue weighted by molar-refractivity contribution is 0.941. The molecular formula is C11H10BrNS. The maximum absolute atomic E-state index is 5.88. The van der Waals surface area contributed by atoms with Gasteiger partial charge < -0.3 is 5.73 Å². The van der Waals surface area contributed by atoms with Gasteiger partial charge >= 0.3 is 0 Å². The van der Waals surface area contributed by atoms with Crippen LogP contribution in [0.5, 0.6) is 0 Å². The van der Waals surface area contributed by atoms with Crippen molar-refractivity contribution in [2.75, 3.05) is 0 Å². The quantitative estimate of drug-likeness (QED) is 0.822. The average molecular weight is 268 g/mol. The van der Waals surface area contributed by atoms with Gasteiger partial charge in [0.2, 0.25) is 0 Å². The summed E-state index contributed by atoms with van der Waals surface area (Å²) in [5.74, 6) is 0. The van der Waals surface area contributed by atoms with Crippen molar-refractivity contribution in [1.82, 2.24) is 0 Å². The molecule has 1 aromatic heterocycles. The van der Waals surface area contributed by atoms with Gasteiger partial charge in [0.05, 0.1) is 6.04 Å². The normalized spacial score (nSPS) is 13.0. The van der Waals surface area contributed by atoms with Crippen molar-refractivity contribution < 1.29 is 0 Å². The molecule has 0 bridgehead atoms. The van der Waals surface area contributed by atoms with Gasteiger partial charge in [0, 0.05) is 14.0 Å². The zero-order valence-corrected chi connectivity index (χ0v) is 9.94. The van der Waals surface area contributed by atoms with Crippen LogP contribution < -0.4 is 5.73 Å². The molecule has 0 saturated carbocycles. The van der Waals surface area contributed by atoms with E-state index >= 15 is 0 Å². The van der Waals surface area contributed by atoms with Gasteiger partial charge in [0.25, 0.3) is 0 Å². The number of hydrogen-bond donors (Lipinski definition) is 1. The molecule has 1 heterocycles. The van der Waals surface area contributed by atoms with Gasteiger partial charge in [0.1, 0.15) is 0 Å². The number of fused-ring (bicyclic) bond motifs is 1. The van der Waals surface area contributed by atoms with Crippen LogP contribution in [0.25, 0.3) is 10.1 Å². The molecule has 1 aromatic carbocycles. The number of halogens is 1. The molecule has 3 heteroatoms. The monoisotopic (exact) mass is 267 g/mol. The Kier molecular flexibility index (Phi) is 2.72. The van der Waals surface area contributed by atoms with E-state index < -0.39 is 0 Å². The lowest BCUT2D eigenvalue weighted by Crippen LogP contribution is -2.03. The molecule has 0 aliphatic heterocycles. The molecule has 0 saturated heterocycles. The van der Waals surface area contributed by atoms with E-state index in [0.29, 0.717) is 0 Å². The highest BCUT2D eigenvalue weighted by Gasteiger charge is 2.06. The van der Waals surface area contributed by atoms with Crippen molar-refractivity contribution in [1.29, 1.82) is 0 Å². The molecule has 72 valence electrons. The molecule has 1 atom stereocenters. The van der Waals surface area contributed by atoms with E-state index in [0.717, 1.165) is 9.35 Å². The van der Waals surface area contributed by atoms with Gasteiger partial charge in [-0.3, -0.25) is 0 Å². The van der Waals surface area contributed by atoms with Crippen molar-refractivity contribution in [3.05, 3.63) is 46.3 Å². The second-order valence-corrected chi connectivity index (χ2v) is 5.12. The fourth-order valence-electron chi connectivity index (χ4n) is 1.32. The van der Waals surface area contributed by atoms with Crippen LogP contribution in [-0.2, 0) is 0 Å². The summed E-state index contributed by atoms with van der Waals surface area (Å²) in [6.07, 6.45) is 1.76. The van der Waals surface area contributed by atoms with Crippen LogP contribution in [-0.4, -0.2) is 0 Å². The van der Waals surface area contributed by atoms with Crippen molar-refractivity contribution in [2.24, 2.45) is 5.73 Å². The lowest BCUT2D eigenvalue weighted by atomic mass is 10.2. The molecule has 0 aliphatic carbocycles. The molecule has 0 radical (unpaired) electrons. The largest absolute Gasteiger partial charge is 0.320 e. The first-order valence-electron chi connectivity index (χ1n) is 4.28. The number of thiophene rings is 1.